The van der Waals surface area contributed by atoms with Gasteiger partial charge >= 0.3 is 0 Å². The fraction of sp³-hybridized carbons (Fsp3) is 0.0588. The molecule has 0 atom stereocenters. The summed E-state index contributed by atoms with van der Waals surface area (Å²) in [5, 5.41) is 0.906. The number of fused-ring (bicyclic) bond motifs is 1. The van der Waals surface area contributed by atoms with Crippen molar-refractivity contribution < 1.29 is 13.6 Å². The molecule has 0 fully saturated rings. The molecule has 0 amide bonds. The van der Waals surface area contributed by atoms with Gasteiger partial charge in [0.05, 0.1) is 11.1 Å². The molecule has 1 aromatic heterocycles. The van der Waals surface area contributed by atoms with Crippen molar-refractivity contribution in [2.24, 2.45) is 0 Å². The molecule has 4 heteroatoms. The van der Waals surface area contributed by atoms with Crippen LogP contribution in [-0.4, -0.2) is 10.8 Å². The monoisotopic (exact) mass is 283 g/mol. The molecule has 0 bridgehead atoms. The van der Waals surface area contributed by atoms with Gasteiger partial charge in [-0.3, -0.25) is 4.79 Å². The van der Waals surface area contributed by atoms with Gasteiger partial charge in [0.2, 0.25) is 5.78 Å². The van der Waals surface area contributed by atoms with Crippen LogP contribution in [0.5, 0.6) is 0 Å². The summed E-state index contributed by atoms with van der Waals surface area (Å²) < 4.78 is 27.4. The molecule has 21 heavy (non-hydrogen) atoms. The molecule has 2 aromatic carbocycles. The van der Waals surface area contributed by atoms with E-state index in [-0.39, 0.29) is 5.69 Å². The quantitative estimate of drug-likeness (QED) is 0.664. The number of para-hydroxylation sites is 1. The second kappa shape index (κ2) is 5.05. The molecule has 2 nitrogen and oxygen atoms in total. The lowest BCUT2D eigenvalue weighted by molar-refractivity contribution is 0.102. The molecule has 0 saturated heterocycles. The normalized spacial score (nSPS) is 10.8. The summed E-state index contributed by atoms with van der Waals surface area (Å²) in [7, 11) is 0. The van der Waals surface area contributed by atoms with E-state index in [9.17, 15) is 13.6 Å². The molecule has 3 rings (SSSR count). The summed E-state index contributed by atoms with van der Waals surface area (Å²) in [4.78, 5) is 16.6. The lowest BCUT2D eigenvalue weighted by Crippen LogP contribution is -2.10. The Hall–Kier alpha value is -2.62. The number of hydrogen-bond donors (Lipinski definition) is 0. The maximum Gasteiger partial charge on any atom is 0.217 e. The maximum atomic E-state index is 13.7. The Kier molecular flexibility index (Phi) is 3.22. The van der Waals surface area contributed by atoms with Crippen molar-refractivity contribution in [2.45, 2.75) is 6.92 Å². The predicted octanol–water partition coefficient (Wildman–Crippen LogP) is 4.05. The molecule has 3 aromatic rings. The van der Waals surface area contributed by atoms with Crippen LogP contribution < -0.4 is 0 Å². The smallest absolute Gasteiger partial charge is 0.217 e. The standard InChI is InChI=1S/C17H11F2NO/c1-10-9-15(20-14-8-3-2-5-11(10)14)17(21)16-12(18)6-4-7-13(16)19/h2-9H,1H3. The van der Waals surface area contributed by atoms with Crippen molar-refractivity contribution in [3.05, 3.63) is 77.0 Å². The van der Waals surface area contributed by atoms with Crippen LogP contribution >= 0.6 is 0 Å². The molecule has 104 valence electrons. The van der Waals surface area contributed by atoms with Crippen LogP contribution in [0.25, 0.3) is 10.9 Å². The van der Waals surface area contributed by atoms with Gasteiger partial charge in [-0.2, -0.15) is 0 Å². The number of aromatic nitrogens is 1. The first-order valence-corrected chi connectivity index (χ1v) is 6.43. The average molecular weight is 283 g/mol. The minimum Gasteiger partial charge on any atom is -0.287 e. The lowest BCUT2D eigenvalue weighted by Gasteiger charge is -2.07. The first-order chi connectivity index (χ1) is 10.1. The highest BCUT2D eigenvalue weighted by molar-refractivity contribution is 6.09. The Labute approximate surface area is 120 Å². The van der Waals surface area contributed by atoms with Crippen LogP contribution in [0.3, 0.4) is 0 Å². The van der Waals surface area contributed by atoms with E-state index in [1.54, 1.807) is 18.2 Å². The van der Waals surface area contributed by atoms with Crippen LogP contribution in [-0.2, 0) is 0 Å². The van der Waals surface area contributed by atoms with E-state index in [2.05, 4.69) is 4.98 Å². The van der Waals surface area contributed by atoms with Crippen molar-refractivity contribution in [1.29, 1.82) is 0 Å². The van der Waals surface area contributed by atoms with Crippen molar-refractivity contribution in [3.63, 3.8) is 0 Å². The van der Waals surface area contributed by atoms with Gasteiger partial charge in [-0.1, -0.05) is 24.3 Å². The zero-order chi connectivity index (χ0) is 15.0. The fourth-order valence-corrected chi connectivity index (χ4v) is 2.31. The highest BCUT2D eigenvalue weighted by atomic mass is 19.1. The average Bonchev–Trinajstić information content (AvgIpc) is 2.47. The number of nitrogens with zero attached hydrogens (tertiary/aromatic N) is 1. The molecule has 0 unspecified atom stereocenters. The molecule has 0 saturated carbocycles. The number of carbonyl (C=O) groups is 1. The number of ketones is 1. The Bertz CT molecular complexity index is 838. The third-order valence-corrected chi connectivity index (χ3v) is 3.35. The van der Waals surface area contributed by atoms with E-state index >= 15 is 0 Å². The zero-order valence-corrected chi connectivity index (χ0v) is 11.2. The number of pyridine rings is 1. The van der Waals surface area contributed by atoms with Crippen LogP contribution in [0.2, 0.25) is 0 Å². The van der Waals surface area contributed by atoms with Crippen LogP contribution in [0.4, 0.5) is 8.78 Å². The first-order valence-electron chi connectivity index (χ1n) is 6.43. The minimum atomic E-state index is -0.882. The summed E-state index contributed by atoms with van der Waals surface area (Å²) in [5.41, 5.74) is 0.924. The third kappa shape index (κ3) is 2.29. The van der Waals surface area contributed by atoms with Gasteiger partial charge in [0.1, 0.15) is 17.3 Å². The highest BCUT2D eigenvalue weighted by Gasteiger charge is 2.20. The minimum absolute atomic E-state index is 0.0372. The van der Waals surface area contributed by atoms with E-state index in [1.165, 1.54) is 6.07 Å². The van der Waals surface area contributed by atoms with Gasteiger partial charge < -0.3 is 0 Å². The summed E-state index contributed by atoms with van der Waals surface area (Å²) in [6.45, 7) is 1.83. The van der Waals surface area contributed by atoms with E-state index in [4.69, 9.17) is 0 Å². The number of aryl methyl sites for hydroxylation is 1. The van der Waals surface area contributed by atoms with Crippen molar-refractivity contribution in [3.8, 4) is 0 Å². The lowest BCUT2D eigenvalue weighted by atomic mass is 10.0. The van der Waals surface area contributed by atoms with Crippen LogP contribution in [0.15, 0.2) is 48.5 Å². The number of rotatable bonds is 2. The second-order valence-electron chi connectivity index (χ2n) is 4.77. The second-order valence-corrected chi connectivity index (χ2v) is 4.77. The topological polar surface area (TPSA) is 30.0 Å². The van der Waals surface area contributed by atoms with Crippen LogP contribution in [0, 0.1) is 18.6 Å². The number of hydrogen-bond acceptors (Lipinski definition) is 2. The maximum absolute atomic E-state index is 13.7. The summed E-state index contributed by atoms with van der Waals surface area (Å²) >= 11 is 0. The first kappa shape index (κ1) is 13.4. The van der Waals surface area contributed by atoms with Gasteiger partial charge in [-0.05, 0) is 36.8 Å². The van der Waals surface area contributed by atoms with Gasteiger partial charge in [0, 0.05) is 5.39 Å². The van der Waals surface area contributed by atoms with E-state index in [0.29, 0.717) is 5.52 Å². The number of carbonyl (C=O) groups excluding carboxylic acids is 1. The Morgan fingerprint density at radius 2 is 1.67 bits per heavy atom. The summed E-state index contributed by atoms with van der Waals surface area (Å²) in [6, 6.07) is 12.2. The van der Waals surface area contributed by atoms with E-state index in [1.807, 2.05) is 19.1 Å². The van der Waals surface area contributed by atoms with Crippen molar-refractivity contribution in [2.75, 3.05) is 0 Å². The predicted molar refractivity (Wildman–Crippen MR) is 76.3 cm³/mol. The van der Waals surface area contributed by atoms with Crippen molar-refractivity contribution >= 4 is 16.7 Å². The van der Waals surface area contributed by atoms with E-state index in [0.717, 1.165) is 23.1 Å². The number of halogens is 2. The molecular weight excluding hydrogens is 272 g/mol. The zero-order valence-electron chi connectivity index (χ0n) is 11.2. The molecule has 0 spiro atoms. The van der Waals surface area contributed by atoms with Gasteiger partial charge in [0.25, 0.3) is 0 Å². The molecule has 0 radical (unpaired) electrons. The van der Waals surface area contributed by atoms with Crippen molar-refractivity contribution in [1.82, 2.24) is 4.98 Å². The number of benzene rings is 2. The molecule has 1 heterocycles. The summed E-state index contributed by atoms with van der Waals surface area (Å²) in [5.74, 6) is -2.51. The van der Waals surface area contributed by atoms with Gasteiger partial charge in [-0.25, -0.2) is 13.8 Å². The molecule has 0 aliphatic heterocycles. The molecule has 0 aliphatic rings. The largest absolute Gasteiger partial charge is 0.287 e. The third-order valence-electron chi connectivity index (χ3n) is 3.35. The Balaban J connectivity index is 2.19. The molecule has 0 N–H and O–H groups in total. The van der Waals surface area contributed by atoms with Crippen LogP contribution in [0.1, 0.15) is 21.6 Å². The SMILES string of the molecule is Cc1cc(C(=O)c2c(F)cccc2F)nc2ccccc12. The highest BCUT2D eigenvalue weighted by Crippen LogP contribution is 2.21. The van der Waals surface area contributed by atoms with E-state index < -0.39 is 23.0 Å². The van der Waals surface area contributed by atoms with Gasteiger partial charge in [0.15, 0.2) is 0 Å². The fourth-order valence-electron chi connectivity index (χ4n) is 2.31. The molecule has 0 aliphatic carbocycles. The Morgan fingerprint density at radius 1 is 1.00 bits per heavy atom. The Morgan fingerprint density at radius 3 is 2.38 bits per heavy atom. The summed E-state index contributed by atoms with van der Waals surface area (Å²) in [6.07, 6.45) is 0. The molecular formula is C17H11F2NO. The van der Waals surface area contributed by atoms with Gasteiger partial charge in [-0.15, -0.1) is 0 Å².